The van der Waals surface area contributed by atoms with Crippen LogP contribution in [0.1, 0.15) is 35.2 Å². The van der Waals surface area contributed by atoms with E-state index in [9.17, 15) is 14.7 Å². The van der Waals surface area contributed by atoms with Crippen molar-refractivity contribution in [1.82, 2.24) is 4.90 Å². The molecule has 0 fully saturated rings. The minimum atomic E-state index is -0.989. The summed E-state index contributed by atoms with van der Waals surface area (Å²) >= 11 is 0. The van der Waals surface area contributed by atoms with Crippen LogP contribution in [-0.4, -0.2) is 34.5 Å². The van der Waals surface area contributed by atoms with Gasteiger partial charge in [0.05, 0.1) is 0 Å². The number of carbonyl (C=O) groups is 2. The molecule has 132 valence electrons. The zero-order valence-electron chi connectivity index (χ0n) is 14.2. The largest absolute Gasteiger partial charge is 0.480 e. The molecule has 2 aromatic carbocycles. The summed E-state index contributed by atoms with van der Waals surface area (Å²) in [5.74, 6) is -1.26. The van der Waals surface area contributed by atoms with E-state index in [2.05, 4.69) is 0 Å². The van der Waals surface area contributed by atoms with Gasteiger partial charge in [-0.1, -0.05) is 48.5 Å². The number of rotatable bonds is 9. The van der Waals surface area contributed by atoms with Gasteiger partial charge in [-0.2, -0.15) is 0 Å². The Morgan fingerprint density at radius 3 is 2.12 bits per heavy atom. The summed E-state index contributed by atoms with van der Waals surface area (Å²) in [5, 5.41) is 9.69. The van der Waals surface area contributed by atoms with E-state index >= 15 is 0 Å². The van der Waals surface area contributed by atoms with Crippen LogP contribution in [0.4, 0.5) is 0 Å². The number of unbranched alkanes of at least 4 members (excludes halogenated alkanes) is 1. The summed E-state index contributed by atoms with van der Waals surface area (Å²) < 4.78 is 0. The van der Waals surface area contributed by atoms with Gasteiger partial charge >= 0.3 is 5.97 Å². The van der Waals surface area contributed by atoms with E-state index in [-0.39, 0.29) is 12.5 Å². The molecule has 0 saturated carbocycles. The fraction of sp³-hybridized carbons (Fsp3) is 0.300. The van der Waals surface area contributed by atoms with Gasteiger partial charge in [-0.25, -0.2) is 4.79 Å². The van der Waals surface area contributed by atoms with Crippen LogP contribution in [0.15, 0.2) is 60.7 Å². The normalized spacial score (nSPS) is 11.7. The molecule has 0 heterocycles. The Kier molecular flexibility index (Phi) is 7.16. The van der Waals surface area contributed by atoms with Gasteiger partial charge < -0.3 is 15.7 Å². The fourth-order valence-electron chi connectivity index (χ4n) is 2.74. The van der Waals surface area contributed by atoms with Crippen molar-refractivity contribution in [2.75, 3.05) is 6.54 Å². The van der Waals surface area contributed by atoms with Gasteiger partial charge in [0.25, 0.3) is 5.91 Å². The predicted molar refractivity (Wildman–Crippen MR) is 97.1 cm³/mol. The van der Waals surface area contributed by atoms with Crippen molar-refractivity contribution < 1.29 is 14.7 Å². The molecular weight excluding hydrogens is 316 g/mol. The number of nitrogens with zero attached hydrogens (tertiary/aromatic N) is 1. The molecule has 5 nitrogen and oxygen atoms in total. The number of nitrogens with two attached hydrogens (primary N) is 1. The van der Waals surface area contributed by atoms with E-state index in [1.807, 2.05) is 36.4 Å². The van der Waals surface area contributed by atoms with E-state index in [1.54, 1.807) is 24.3 Å². The Labute approximate surface area is 148 Å². The molecule has 2 aromatic rings. The first-order chi connectivity index (χ1) is 12.1. The topological polar surface area (TPSA) is 83.6 Å². The number of carbonyl (C=O) groups excluding carboxylic acids is 1. The summed E-state index contributed by atoms with van der Waals surface area (Å²) in [6.45, 7) is 0.770. The second kappa shape index (κ2) is 9.59. The van der Waals surface area contributed by atoms with Crippen molar-refractivity contribution in [1.29, 1.82) is 0 Å². The molecule has 0 saturated heterocycles. The minimum Gasteiger partial charge on any atom is -0.480 e. The monoisotopic (exact) mass is 340 g/mol. The summed E-state index contributed by atoms with van der Waals surface area (Å²) in [7, 11) is 0. The smallest absolute Gasteiger partial charge is 0.326 e. The average molecular weight is 340 g/mol. The third-order valence-corrected chi connectivity index (χ3v) is 4.07. The Balaban J connectivity index is 2.29. The SMILES string of the molecule is NCCCC[C@H](C(=O)O)N(Cc1ccccc1)C(=O)c1ccccc1. The van der Waals surface area contributed by atoms with Crippen molar-refractivity contribution in [3.8, 4) is 0 Å². The summed E-state index contributed by atoms with van der Waals surface area (Å²) in [6, 6.07) is 17.4. The zero-order chi connectivity index (χ0) is 18.1. The molecular formula is C20H24N2O3. The van der Waals surface area contributed by atoms with Gasteiger partial charge in [-0.3, -0.25) is 4.79 Å². The molecule has 5 heteroatoms. The van der Waals surface area contributed by atoms with Crippen LogP contribution in [0, 0.1) is 0 Å². The lowest BCUT2D eigenvalue weighted by molar-refractivity contribution is -0.142. The Morgan fingerprint density at radius 2 is 1.56 bits per heavy atom. The summed E-state index contributed by atoms with van der Waals surface area (Å²) in [6.07, 6.45) is 1.79. The van der Waals surface area contributed by atoms with E-state index in [0.29, 0.717) is 24.9 Å². The second-order valence-electron chi connectivity index (χ2n) is 5.92. The molecule has 1 atom stereocenters. The third-order valence-electron chi connectivity index (χ3n) is 4.07. The van der Waals surface area contributed by atoms with Gasteiger partial charge in [0, 0.05) is 12.1 Å². The molecule has 0 aromatic heterocycles. The maximum absolute atomic E-state index is 13.0. The van der Waals surface area contributed by atoms with E-state index < -0.39 is 12.0 Å². The zero-order valence-corrected chi connectivity index (χ0v) is 14.2. The highest BCUT2D eigenvalue weighted by Gasteiger charge is 2.30. The number of hydrogen-bond donors (Lipinski definition) is 2. The molecule has 25 heavy (non-hydrogen) atoms. The number of benzene rings is 2. The molecule has 3 N–H and O–H groups in total. The summed E-state index contributed by atoms with van der Waals surface area (Å²) in [5.41, 5.74) is 6.90. The quantitative estimate of drug-likeness (QED) is 0.688. The standard InChI is InChI=1S/C20H24N2O3/c21-14-8-7-13-18(20(24)25)22(15-16-9-3-1-4-10-16)19(23)17-11-5-2-6-12-17/h1-6,9-12,18H,7-8,13-15,21H2,(H,24,25)/t18-/m1/s1. The molecule has 0 radical (unpaired) electrons. The van der Waals surface area contributed by atoms with Crippen LogP contribution in [0.3, 0.4) is 0 Å². The van der Waals surface area contributed by atoms with Gasteiger partial charge in [-0.05, 0) is 43.5 Å². The van der Waals surface area contributed by atoms with Crippen LogP contribution in [0.25, 0.3) is 0 Å². The van der Waals surface area contributed by atoms with E-state index in [1.165, 1.54) is 4.90 Å². The van der Waals surface area contributed by atoms with Crippen LogP contribution >= 0.6 is 0 Å². The molecule has 0 spiro atoms. The van der Waals surface area contributed by atoms with Gasteiger partial charge in [0.2, 0.25) is 0 Å². The van der Waals surface area contributed by atoms with Crippen LogP contribution in [-0.2, 0) is 11.3 Å². The van der Waals surface area contributed by atoms with E-state index in [4.69, 9.17) is 5.73 Å². The Hall–Kier alpha value is -2.66. The molecule has 0 unspecified atom stereocenters. The maximum atomic E-state index is 13.0. The van der Waals surface area contributed by atoms with Crippen LogP contribution < -0.4 is 5.73 Å². The maximum Gasteiger partial charge on any atom is 0.326 e. The number of aliphatic carboxylic acids is 1. The van der Waals surface area contributed by atoms with Crippen molar-refractivity contribution >= 4 is 11.9 Å². The lowest BCUT2D eigenvalue weighted by Crippen LogP contribution is -2.44. The Morgan fingerprint density at radius 1 is 0.960 bits per heavy atom. The lowest BCUT2D eigenvalue weighted by Gasteiger charge is -2.29. The third kappa shape index (κ3) is 5.43. The number of carboxylic acids is 1. The highest BCUT2D eigenvalue weighted by atomic mass is 16.4. The van der Waals surface area contributed by atoms with E-state index in [0.717, 1.165) is 12.0 Å². The second-order valence-corrected chi connectivity index (χ2v) is 5.92. The number of hydrogen-bond acceptors (Lipinski definition) is 3. The lowest BCUT2D eigenvalue weighted by atomic mass is 10.0. The number of carboxylic acid groups (broad SMARTS) is 1. The first-order valence-corrected chi connectivity index (χ1v) is 8.46. The molecule has 0 aliphatic carbocycles. The molecule has 0 aliphatic rings. The molecule has 0 bridgehead atoms. The summed E-state index contributed by atoms with van der Waals surface area (Å²) in [4.78, 5) is 26.2. The number of amides is 1. The van der Waals surface area contributed by atoms with Crippen molar-refractivity contribution in [3.05, 3.63) is 71.8 Å². The average Bonchev–Trinajstić information content (AvgIpc) is 2.64. The molecule has 0 aliphatic heterocycles. The van der Waals surface area contributed by atoms with Crippen molar-refractivity contribution in [3.63, 3.8) is 0 Å². The Bertz CT molecular complexity index is 674. The molecule has 1 amide bonds. The predicted octanol–water partition coefficient (Wildman–Crippen LogP) is 2.91. The van der Waals surface area contributed by atoms with Crippen molar-refractivity contribution in [2.45, 2.75) is 31.8 Å². The van der Waals surface area contributed by atoms with Crippen molar-refractivity contribution in [2.24, 2.45) is 5.73 Å². The first-order valence-electron chi connectivity index (χ1n) is 8.46. The van der Waals surface area contributed by atoms with Crippen LogP contribution in [0.2, 0.25) is 0 Å². The minimum absolute atomic E-state index is 0.258. The highest BCUT2D eigenvalue weighted by molar-refractivity contribution is 5.96. The van der Waals surface area contributed by atoms with Gasteiger partial charge in [0.15, 0.2) is 0 Å². The van der Waals surface area contributed by atoms with Crippen LogP contribution in [0.5, 0.6) is 0 Å². The van der Waals surface area contributed by atoms with Gasteiger partial charge in [-0.15, -0.1) is 0 Å². The fourth-order valence-corrected chi connectivity index (χ4v) is 2.74. The van der Waals surface area contributed by atoms with Gasteiger partial charge in [0.1, 0.15) is 6.04 Å². The molecule has 2 rings (SSSR count). The highest BCUT2D eigenvalue weighted by Crippen LogP contribution is 2.17. The first kappa shape index (κ1) is 18.7.